The molecule has 2 aromatic carbocycles. The molecule has 4 heteroatoms. The molecule has 0 aromatic heterocycles. The van der Waals surface area contributed by atoms with E-state index in [1.54, 1.807) is 0 Å². The van der Waals surface area contributed by atoms with Crippen molar-refractivity contribution in [3.05, 3.63) is 58.1 Å². The Balaban J connectivity index is 2.05. The lowest BCUT2D eigenvalue weighted by Crippen LogP contribution is -2.22. The Morgan fingerprint density at radius 3 is 2.80 bits per heavy atom. The van der Waals surface area contributed by atoms with Crippen LogP contribution in [0.1, 0.15) is 17.9 Å². The molecule has 0 spiro atoms. The van der Waals surface area contributed by atoms with Gasteiger partial charge in [0.25, 0.3) is 0 Å². The second kappa shape index (κ2) is 5.59. The first-order valence-electron chi connectivity index (χ1n) is 6.93. The summed E-state index contributed by atoms with van der Waals surface area (Å²) in [4.78, 5) is 10.8. The first kappa shape index (κ1) is 13.1. The predicted octanol–water partition coefficient (Wildman–Crippen LogP) is 3.24. The number of ether oxygens (including phenoxy) is 1. The summed E-state index contributed by atoms with van der Waals surface area (Å²) in [6.45, 7) is 1.31. The second-order valence-corrected chi connectivity index (χ2v) is 5.31. The molecule has 0 N–H and O–H groups in total. The predicted molar refractivity (Wildman–Crippen MR) is 77.5 cm³/mol. The zero-order chi connectivity index (χ0) is 13.9. The molecule has 1 aliphatic rings. The van der Waals surface area contributed by atoms with Crippen molar-refractivity contribution in [1.82, 2.24) is 0 Å². The van der Waals surface area contributed by atoms with Gasteiger partial charge >= 0.3 is 0 Å². The topological polar surface area (TPSA) is 52.4 Å². The Labute approximate surface area is 117 Å². The van der Waals surface area contributed by atoms with Crippen molar-refractivity contribution in [2.75, 3.05) is 19.8 Å². The van der Waals surface area contributed by atoms with Gasteiger partial charge in [0.2, 0.25) is 6.54 Å². The average Bonchev–Trinajstić information content (AvgIpc) is 2.98. The van der Waals surface area contributed by atoms with Crippen molar-refractivity contribution < 1.29 is 9.66 Å². The molecule has 2 atom stereocenters. The van der Waals surface area contributed by atoms with E-state index in [9.17, 15) is 10.1 Å². The zero-order valence-corrected chi connectivity index (χ0v) is 11.2. The van der Waals surface area contributed by atoms with Crippen LogP contribution in [-0.2, 0) is 4.74 Å². The van der Waals surface area contributed by atoms with Crippen LogP contribution in [-0.4, -0.2) is 24.7 Å². The van der Waals surface area contributed by atoms with Crippen LogP contribution in [0.4, 0.5) is 0 Å². The number of nitrogens with zero attached hydrogens (tertiary/aromatic N) is 1. The summed E-state index contributed by atoms with van der Waals surface area (Å²) in [6, 6.07) is 14.1. The van der Waals surface area contributed by atoms with Gasteiger partial charge in [0.05, 0.1) is 12.5 Å². The largest absolute Gasteiger partial charge is 0.381 e. The zero-order valence-electron chi connectivity index (χ0n) is 11.2. The monoisotopic (exact) mass is 271 g/mol. The van der Waals surface area contributed by atoms with Gasteiger partial charge in [0.1, 0.15) is 0 Å². The standard InChI is InChI=1S/C16H17NO3/c18-17(19)10-16(13-8-9-20-11-13)15-7-3-5-12-4-1-2-6-14(12)15/h1-7,13,16H,8-11H2/t13?,16-/m1/s1. The van der Waals surface area contributed by atoms with Gasteiger partial charge in [-0.15, -0.1) is 0 Å². The number of fused-ring (bicyclic) bond motifs is 1. The summed E-state index contributed by atoms with van der Waals surface area (Å²) in [7, 11) is 0. The average molecular weight is 271 g/mol. The van der Waals surface area contributed by atoms with Crippen LogP contribution in [0.25, 0.3) is 10.8 Å². The summed E-state index contributed by atoms with van der Waals surface area (Å²) >= 11 is 0. The third-order valence-electron chi connectivity index (χ3n) is 4.10. The first-order valence-corrected chi connectivity index (χ1v) is 6.93. The third-order valence-corrected chi connectivity index (χ3v) is 4.10. The van der Waals surface area contributed by atoms with Crippen molar-refractivity contribution >= 4 is 10.8 Å². The van der Waals surface area contributed by atoms with Gasteiger partial charge in [-0.3, -0.25) is 10.1 Å². The molecule has 1 heterocycles. The molecule has 1 unspecified atom stereocenters. The van der Waals surface area contributed by atoms with Crippen LogP contribution in [0.15, 0.2) is 42.5 Å². The number of hydrogen-bond donors (Lipinski definition) is 0. The molecular weight excluding hydrogens is 254 g/mol. The molecule has 1 fully saturated rings. The fraction of sp³-hybridized carbons (Fsp3) is 0.375. The molecule has 3 rings (SSSR count). The molecular formula is C16H17NO3. The number of hydrogen-bond acceptors (Lipinski definition) is 3. The van der Waals surface area contributed by atoms with Crippen LogP contribution in [0.2, 0.25) is 0 Å². The Hall–Kier alpha value is -1.94. The molecule has 0 radical (unpaired) electrons. The smallest absolute Gasteiger partial charge is 0.211 e. The Kier molecular flexibility index (Phi) is 3.65. The summed E-state index contributed by atoms with van der Waals surface area (Å²) in [5.41, 5.74) is 1.08. The lowest BCUT2D eigenvalue weighted by atomic mass is 9.83. The van der Waals surface area contributed by atoms with Crippen molar-refractivity contribution in [3.8, 4) is 0 Å². The molecule has 4 nitrogen and oxygen atoms in total. The quantitative estimate of drug-likeness (QED) is 0.633. The Morgan fingerprint density at radius 1 is 1.25 bits per heavy atom. The molecule has 20 heavy (non-hydrogen) atoms. The van der Waals surface area contributed by atoms with Gasteiger partial charge < -0.3 is 4.74 Å². The van der Waals surface area contributed by atoms with Crippen molar-refractivity contribution in [2.45, 2.75) is 12.3 Å². The van der Waals surface area contributed by atoms with Gasteiger partial charge in [-0.1, -0.05) is 42.5 Å². The third kappa shape index (κ3) is 2.51. The Bertz CT molecular complexity index is 615. The molecule has 0 aliphatic carbocycles. The van der Waals surface area contributed by atoms with E-state index in [1.807, 2.05) is 42.5 Å². The lowest BCUT2D eigenvalue weighted by Gasteiger charge is -2.20. The normalized spacial score (nSPS) is 20.1. The molecule has 0 saturated carbocycles. The molecule has 1 aliphatic heterocycles. The van der Waals surface area contributed by atoms with E-state index in [0.29, 0.717) is 13.2 Å². The van der Waals surface area contributed by atoms with Gasteiger partial charge in [-0.05, 0) is 28.7 Å². The summed E-state index contributed by atoms with van der Waals surface area (Å²) in [6.07, 6.45) is 0.904. The van der Waals surface area contributed by atoms with E-state index >= 15 is 0 Å². The van der Waals surface area contributed by atoms with E-state index < -0.39 is 0 Å². The maximum atomic E-state index is 11.0. The highest BCUT2D eigenvalue weighted by Crippen LogP contribution is 2.35. The second-order valence-electron chi connectivity index (χ2n) is 5.31. The van der Waals surface area contributed by atoms with E-state index in [1.165, 1.54) is 0 Å². The van der Waals surface area contributed by atoms with Crippen molar-refractivity contribution in [2.24, 2.45) is 5.92 Å². The summed E-state index contributed by atoms with van der Waals surface area (Å²) in [5.74, 6) is 0.171. The highest BCUT2D eigenvalue weighted by molar-refractivity contribution is 5.86. The van der Waals surface area contributed by atoms with Crippen LogP contribution in [0, 0.1) is 16.0 Å². The van der Waals surface area contributed by atoms with Crippen LogP contribution >= 0.6 is 0 Å². The van der Waals surface area contributed by atoms with Crippen LogP contribution < -0.4 is 0 Å². The molecule has 0 amide bonds. The van der Waals surface area contributed by atoms with E-state index in [4.69, 9.17) is 4.74 Å². The maximum Gasteiger partial charge on any atom is 0.211 e. The summed E-state index contributed by atoms with van der Waals surface area (Å²) < 4.78 is 5.43. The van der Waals surface area contributed by atoms with Crippen LogP contribution in [0.3, 0.4) is 0 Å². The van der Waals surface area contributed by atoms with Gasteiger partial charge in [0.15, 0.2) is 0 Å². The van der Waals surface area contributed by atoms with Gasteiger partial charge in [-0.25, -0.2) is 0 Å². The number of benzene rings is 2. The molecule has 0 bridgehead atoms. The van der Waals surface area contributed by atoms with Crippen molar-refractivity contribution in [1.29, 1.82) is 0 Å². The minimum atomic E-state index is -0.204. The lowest BCUT2D eigenvalue weighted by molar-refractivity contribution is -0.484. The number of rotatable bonds is 4. The number of nitro groups is 1. The molecule has 104 valence electrons. The molecule has 2 aromatic rings. The van der Waals surface area contributed by atoms with Crippen molar-refractivity contribution in [3.63, 3.8) is 0 Å². The first-order chi connectivity index (χ1) is 9.75. The highest BCUT2D eigenvalue weighted by Gasteiger charge is 2.31. The summed E-state index contributed by atoms with van der Waals surface area (Å²) in [5, 5.41) is 13.3. The van der Waals surface area contributed by atoms with Crippen LogP contribution in [0.5, 0.6) is 0 Å². The van der Waals surface area contributed by atoms with E-state index in [-0.39, 0.29) is 23.3 Å². The van der Waals surface area contributed by atoms with Gasteiger partial charge in [0, 0.05) is 11.5 Å². The maximum absolute atomic E-state index is 11.0. The highest BCUT2D eigenvalue weighted by atomic mass is 16.6. The Morgan fingerprint density at radius 2 is 2.05 bits per heavy atom. The van der Waals surface area contributed by atoms with E-state index in [0.717, 1.165) is 22.8 Å². The fourth-order valence-electron chi connectivity index (χ4n) is 3.11. The minimum Gasteiger partial charge on any atom is -0.381 e. The van der Waals surface area contributed by atoms with Gasteiger partial charge in [-0.2, -0.15) is 0 Å². The fourth-order valence-corrected chi connectivity index (χ4v) is 3.11. The van der Waals surface area contributed by atoms with E-state index in [2.05, 4.69) is 0 Å². The molecule has 1 saturated heterocycles. The SMILES string of the molecule is O=[N+]([O-])C[C@@H](c1cccc2ccccc12)C1CCOC1. The minimum absolute atomic E-state index is 0.0258.